The van der Waals surface area contributed by atoms with Gasteiger partial charge in [-0.25, -0.2) is 0 Å². The predicted octanol–water partition coefficient (Wildman–Crippen LogP) is 3.48. The number of hydrogen-bond donors (Lipinski definition) is 2. The molecule has 0 radical (unpaired) electrons. The summed E-state index contributed by atoms with van der Waals surface area (Å²) in [6, 6.07) is 3.21. The highest BCUT2D eigenvalue weighted by Crippen LogP contribution is 2.61. The summed E-state index contributed by atoms with van der Waals surface area (Å²) in [5, 5.41) is 12.6. The van der Waals surface area contributed by atoms with Crippen LogP contribution < -0.4 is 14.8 Å². The second-order valence-electron chi connectivity index (χ2n) is 4.86. The van der Waals surface area contributed by atoms with E-state index in [9.17, 15) is 14.5 Å². The van der Waals surface area contributed by atoms with Crippen LogP contribution in [0.4, 0.5) is 0 Å². The van der Waals surface area contributed by atoms with Crippen LogP contribution in [-0.2, 0) is 13.9 Å². The van der Waals surface area contributed by atoms with E-state index in [0.29, 0.717) is 24.5 Å². The molecule has 1 aromatic carbocycles. The van der Waals surface area contributed by atoms with Crippen LogP contribution >= 0.6 is 18.0 Å². The third-order valence-corrected chi connectivity index (χ3v) is 7.20. The maximum absolute atomic E-state index is 12.8. The first kappa shape index (κ1) is 21.4. The van der Waals surface area contributed by atoms with Crippen molar-refractivity contribution < 1.29 is 28.5 Å². The predicted molar refractivity (Wildman–Crippen MR) is 101 cm³/mol. The Morgan fingerprint density at radius 3 is 2.40 bits per heavy atom. The van der Waals surface area contributed by atoms with E-state index >= 15 is 0 Å². The fraction of sp³-hybridized carbons (Fsp3) is 0.438. The van der Waals surface area contributed by atoms with Crippen LogP contribution in [0.15, 0.2) is 17.9 Å². The molecule has 2 N–H and O–H groups in total. The monoisotopic (exact) mass is 389 g/mol. The van der Waals surface area contributed by atoms with Crippen molar-refractivity contribution in [3.8, 4) is 17.2 Å². The number of rotatable bonds is 10. The van der Waals surface area contributed by atoms with Crippen LogP contribution in [0, 0.1) is 0 Å². The molecular weight excluding hydrogens is 365 g/mol. The number of carbonyl (C=O) groups is 1. The third-order valence-electron chi connectivity index (χ3n) is 3.01. The van der Waals surface area contributed by atoms with Crippen LogP contribution in [0.2, 0.25) is 0 Å². The minimum atomic E-state index is -3.06. The molecule has 0 aliphatic heterocycles. The average Bonchev–Trinajstić information content (AvgIpc) is 2.58. The van der Waals surface area contributed by atoms with Gasteiger partial charge in [0.2, 0.25) is 11.7 Å². The van der Waals surface area contributed by atoms with E-state index in [2.05, 4.69) is 5.32 Å². The molecule has 0 fully saturated rings. The average molecular weight is 389 g/mol. The molecule has 1 amide bonds. The van der Waals surface area contributed by atoms with E-state index in [1.807, 2.05) is 0 Å². The summed E-state index contributed by atoms with van der Waals surface area (Å²) >= 11 is 1.15. The van der Waals surface area contributed by atoms with Crippen molar-refractivity contribution in [3.05, 3.63) is 23.5 Å². The van der Waals surface area contributed by atoms with E-state index in [4.69, 9.17) is 14.0 Å². The van der Waals surface area contributed by atoms with Crippen LogP contribution in [0.3, 0.4) is 0 Å². The highest BCUT2D eigenvalue weighted by molar-refractivity contribution is 8.57. The summed E-state index contributed by atoms with van der Waals surface area (Å²) in [5.41, 5.74) is 0.647. The van der Waals surface area contributed by atoms with Crippen molar-refractivity contribution in [2.45, 2.75) is 13.8 Å². The number of carbonyl (C=O) groups excluding carboxylic acids is 1. The lowest BCUT2D eigenvalue weighted by Crippen LogP contribution is -2.22. The first-order valence-corrected chi connectivity index (χ1v) is 10.9. The molecule has 1 unspecified atom stereocenters. The van der Waals surface area contributed by atoms with Crippen molar-refractivity contribution in [1.82, 2.24) is 5.32 Å². The fourth-order valence-electron chi connectivity index (χ4n) is 1.89. The van der Waals surface area contributed by atoms with Gasteiger partial charge in [-0.2, -0.15) is 0 Å². The van der Waals surface area contributed by atoms with Crippen LogP contribution in [0.1, 0.15) is 19.4 Å². The van der Waals surface area contributed by atoms with Gasteiger partial charge in [0.15, 0.2) is 11.5 Å². The summed E-state index contributed by atoms with van der Waals surface area (Å²) in [7, 11) is 2.87. The second kappa shape index (κ2) is 10.4. The maximum Gasteiger partial charge on any atom is 0.280 e. The molecule has 0 aromatic heterocycles. The molecule has 0 heterocycles. The van der Waals surface area contributed by atoms with E-state index in [1.165, 1.54) is 27.0 Å². The summed E-state index contributed by atoms with van der Waals surface area (Å²) in [6.07, 6.45) is 1.63. The quantitative estimate of drug-likeness (QED) is 0.467. The molecule has 140 valence electrons. The standard InChI is InChI=1S/C16H24NO6PS/c1-5-23-24(20,25-9-7-17-12(2)18)8-6-13-10-14(21-3)16(19)15(11-13)22-4/h6,8,10-11,19H,5,7,9H2,1-4H3,(H,17,18)/b8-6+. The smallest absolute Gasteiger partial charge is 0.280 e. The molecule has 0 aliphatic carbocycles. The van der Waals surface area contributed by atoms with Gasteiger partial charge in [-0.3, -0.25) is 9.36 Å². The number of hydrogen-bond acceptors (Lipinski definition) is 7. The van der Waals surface area contributed by atoms with Crippen LogP contribution in [-0.4, -0.2) is 44.1 Å². The fourth-order valence-corrected chi connectivity index (χ4v) is 5.32. The Kier molecular flexibility index (Phi) is 8.89. The number of amides is 1. The Hall–Kier alpha value is -1.63. The topological polar surface area (TPSA) is 94.1 Å². The van der Waals surface area contributed by atoms with Crippen molar-refractivity contribution in [2.24, 2.45) is 0 Å². The zero-order valence-electron chi connectivity index (χ0n) is 14.8. The Balaban J connectivity index is 2.93. The molecule has 0 saturated carbocycles. The van der Waals surface area contributed by atoms with Gasteiger partial charge in [-0.05, 0) is 30.7 Å². The first-order chi connectivity index (χ1) is 11.8. The SMILES string of the molecule is CCOP(=O)(/C=C/c1cc(OC)c(O)c(OC)c1)SCCNC(C)=O. The number of aromatic hydroxyl groups is 1. The first-order valence-electron chi connectivity index (χ1n) is 7.62. The minimum Gasteiger partial charge on any atom is -0.502 e. The minimum absolute atomic E-state index is 0.0974. The summed E-state index contributed by atoms with van der Waals surface area (Å²) in [6.45, 7) is 0.842. The summed E-state index contributed by atoms with van der Waals surface area (Å²) in [5.74, 6) is 2.24. The summed E-state index contributed by atoms with van der Waals surface area (Å²) < 4.78 is 28.4. The van der Waals surface area contributed by atoms with Gasteiger partial charge in [-0.15, -0.1) is 0 Å². The van der Waals surface area contributed by atoms with E-state index in [1.54, 1.807) is 25.1 Å². The molecule has 0 aliphatic rings. The molecule has 0 bridgehead atoms. The van der Waals surface area contributed by atoms with Gasteiger partial charge < -0.3 is 24.4 Å². The van der Waals surface area contributed by atoms with E-state index in [0.717, 1.165) is 11.4 Å². The number of nitrogens with one attached hydrogen (secondary N) is 1. The Labute approximate surface area is 151 Å². The lowest BCUT2D eigenvalue weighted by atomic mass is 10.2. The van der Waals surface area contributed by atoms with Crippen molar-refractivity contribution in [1.29, 1.82) is 0 Å². The van der Waals surface area contributed by atoms with E-state index in [-0.39, 0.29) is 23.2 Å². The number of ether oxygens (including phenoxy) is 2. The molecule has 1 rings (SSSR count). The molecular formula is C16H24NO6PS. The number of methoxy groups -OCH3 is 2. The lowest BCUT2D eigenvalue weighted by molar-refractivity contribution is -0.118. The molecule has 1 aromatic rings. The maximum atomic E-state index is 12.8. The molecule has 9 heteroatoms. The summed E-state index contributed by atoms with van der Waals surface area (Å²) in [4.78, 5) is 10.9. The highest BCUT2D eigenvalue weighted by Gasteiger charge is 2.20. The molecule has 7 nitrogen and oxygen atoms in total. The van der Waals surface area contributed by atoms with Gasteiger partial charge in [0.1, 0.15) is 0 Å². The van der Waals surface area contributed by atoms with Gasteiger partial charge >= 0.3 is 0 Å². The largest absolute Gasteiger partial charge is 0.502 e. The van der Waals surface area contributed by atoms with Gasteiger partial charge in [-0.1, -0.05) is 11.4 Å². The van der Waals surface area contributed by atoms with Crippen molar-refractivity contribution >= 4 is 29.9 Å². The third kappa shape index (κ3) is 7.02. The number of benzene rings is 1. The second-order valence-corrected chi connectivity index (χ2v) is 9.47. The van der Waals surface area contributed by atoms with Crippen LogP contribution in [0.5, 0.6) is 17.2 Å². The molecule has 1 atom stereocenters. The van der Waals surface area contributed by atoms with Gasteiger partial charge in [0.25, 0.3) is 6.57 Å². The van der Waals surface area contributed by atoms with Gasteiger partial charge in [0, 0.05) is 25.0 Å². The Morgan fingerprint density at radius 2 is 1.92 bits per heavy atom. The van der Waals surface area contributed by atoms with Crippen molar-refractivity contribution in [2.75, 3.05) is 33.1 Å². The zero-order valence-corrected chi connectivity index (χ0v) is 16.5. The molecule has 0 spiro atoms. The van der Waals surface area contributed by atoms with Crippen LogP contribution in [0.25, 0.3) is 6.08 Å². The zero-order chi connectivity index (χ0) is 18.9. The number of phenols is 1. The van der Waals surface area contributed by atoms with Gasteiger partial charge in [0.05, 0.1) is 20.8 Å². The molecule has 25 heavy (non-hydrogen) atoms. The van der Waals surface area contributed by atoms with Crippen molar-refractivity contribution in [3.63, 3.8) is 0 Å². The van der Waals surface area contributed by atoms with E-state index < -0.39 is 6.57 Å². The molecule has 0 saturated heterocycles. The Morgan fingerprint density at radius 1 is 1.32 bits per heavy atom. The number of phenolic OH excluding ortho intramolecular Hbond substituents is 1. The lowest BCUT2D eigenvalue weighted by Gasteiger charge is -2.14. The Bertz CT molecular complexity index is 639. The highest BCUT2D eigenvalue weighted by atomic mass is 32.7. The normalized spacial score (nSPS) is 13.4.